The Morgan fingerprint density at radius 2 is 1.97 bits per heavy atom. The second-order valence-electron chi connectivity index (χ2n) is 8.92. The van der Waals surface area contributed by atoms with Crippen LogP contribution in [-0.2, 0) is 29.3 Å². The van der Waals surface area contributed by atoms with Crippen LogP contribution in [0, 0.1) is 0 Å². The number of rotatable bonds is 9. The lowest BCUT2D eigenvalue weighted by Crippen LogP contribution is -2.34. The number of aliphatic hydroxyl groups is 2. The first-order valence-electron chi connectivity index (χ1n) is 11.5. The van der Waals surface area contributed by atoms with Crippen molar-refractivity contribution in [2.45, 2.75) is 43.4 Å². The summed E-state index contributed by atoms with van der Waals surface area (Å²) in [6.07, 6.45) is -3.88. The molecule has 15 nitrogen and oxygen atoms in total. The lowest BCUT2D eigenvalue weighted by molar-refractivity contribution is -0.0552. The molecule has 38 heavy (non-hydrogen) atoms. The topological polar surface area (TPSA) is 211 Å². The number of halogens is 1. The number of anilines is 1. The molecule has 5 N–H and O–H groups in total. The second kappa shape index (κ2) is 10.5. The molecule has 2 aromatic heterocycles. The Labute approximate surface area is 220 Å². The summed E-state index contributed by atoms with van der Waals surface area (Å²) in [5.74, 6) is -0.824. The van der Waals surface area contributed by atoms with Crippen LogP contribution in [0.5, 0.6) is 0 Å². The van der Waals surface area contributed by atoms with Gasteiger partial charge in [-0.2, -0.15) is 14.6 Å². The molecule has 0 bridgehead atoms. The van der Waals surface area contributed by atoms with Crippen LogP contribution in [0.15, 0.2) is 24.3 Å². The zero-order valence-electron chi connectivity index (χ0n) is 19.9. The largest absolute Gasteiger partial charge is 0.387 e. The first-order valence-corrected chi connectivity index (χ1v) is 15.4. The third-order valence-electron chi connectivity index (χ3n) is 6.39. The maximum absolute atomic E-state index is 12.5. The molecular formula is C20H25ClN6O9P2. The van der Waals surface area contributed by atoms with E-state index < -0.39 is 52.2 Å². The number of hydrogen-bond donors (Lipinski definition) is 5. The average molecular weight is 591 g/mol. The number of nitrogens with zero attached hydrogens (tertiary/aromatic N) is 5. The highest BCUT2D eigenvalue weighted by Crippen LogP contribution is 2.58. The van der Waals surface area contributed by atoms with Gasteiger partial charge >= 0.3 is 15.2 Å². The van der Waals surface area contributed by atoms with Gasteiger partial charge in [0.05, 0.1) is 12.6 Å². The summed E-state index contributed by atoms with van der Waals surface area (Å²) in [6, 6.07) is 8.01. The Morgan fingerprint density at radius 3 is 2.71 bits per heavy atom. The fourth-order valence-corrected chi connectivity index (χ4v) is 7.82. The molecule has 5 rings (SSSR count). The van der Waals surface area contributed by atoms with Crippen LogP contribution in [0.2, 0.25) is 5.28 Å². The van der Waals surface area contributed by atoms with Crippen LogP contribution >= 0.6 is 26.8 Å². The Balaban J connectivity index is 1.37. The Hall–Kier alpha value is -2.03. The number of fused-ring (bicyclic) bond motifs is 2. The van der Waals surface area contributed by atoms with E-state index in [4.69, 9.17) is 30.6 Å². The van der Waals surface area contributed by atoms with Gasteiger partial charge in [0, 0.05) is 7.11 Å². The normalized spacial score (nSPS) is 26.9. The van der Waals surface area contributed by atoms with Gasteiger partial charge in [-0.15, -0.1) is 5.10 Å². The van der Waals surface area contributed by atoms with Gasteiger partial charge in [0.2, 0.25) is 5.28 Å². The molecule has 0 radical (unpaired) electrons. The van der Waals surface area contributed by atoms with Gasteiger partial charge in [-0.25, -0.2) is 0 Å². The fourth-order valence-electron chi connectivity index (χ4n) is 4.58. The molecule has 1 aromatic carbocycles. The van der Waals surface area contributed by atoms with E-state index in [0.717, 1.165) is 30.2 Å². The van der Waals surface area contributed by atoms with Crippen LogP contribution in [0.25, 0.3) is 11.2 Å². The standard InChI is InChI=1S/C20H25ClN6O9P2/c1-34-38(33,9-37(30,31)32)35-8-13-15(28)16(29)19(36-13)27-18-14(25-26-27)17(23-20(21)24-18)22-12-7-6-10-4-2-3-5-11(10)12/h2-5,12-13,15-16,19,28-29H,6-9H2,1H3,(H,22,23,24)(H2,30,31,32)/t12-,13+,15+,16+,19+,38?/m0/s1. The molecule has 1 aliphatic heterocycles. The predicted molar refractivity (Wildman–Crippen MR) is 133 cm³/mol. The first-order chi connectivity index (χ1) is 18.0. The Bertz CT molecular complexity index is 1440. The second-order valence-corrected chi connectivity index (χ2v) is 13.6. The molecule has 0 saturated carbocycles. The number of ether oxygens (including phenoxy) is 1. The fraction of sp³-hybridized carbons (Fsp3) is 0.500. The minimum atomic E-state index is -4.73. The van der Waals surface area contributed by atoms with Crippen molar-refractivity contribution in [3.63, 3.8) is 0 Å². The summed E-state index contributed by atoms with van der Waals surface area (Å²) in [4.78, 5) is 26.7. The number of aromatic nitrogens is 5. The van der Waals surface area contributed by atoms with Crippen molar-refractivity contribution in [2.24, 2.45) is 0 Å². The molecule has 1 aliphatic carbocycles. The van der Waals surface area contributed by atoms with E-state index in [0.29, 0.717) is 5.82 Å². The van der Waals surface area contributed by atoms with Gasteiger partial charge in [0.1, 0.15) is 18.3 Å². The molecule has 0 amide bonds. The SMILES string of the molecule is COP(=O)(CP(=O)(O)O)OC[C@H]1O[C@@H](n2nnc3c(N[C@H]4CCc5ccccc54)nc(Cl)nc32)[C@H](O)[C@@H]1O. The van der Waals surface area contributed by atoms with E-state index in [1.54, 1.807) is 0 Å². The van der Waals surface area contributed by atoms with E-state index in [1.807, 2.05) is 18.2 Å². The van der Waals surface area contributed by atoms with Gasteiger partial charge in [0.15, 0.2) is 29.1 Å². The van der Waals surface area contributed by atoms with E-state index in [2.05, 4.69) is 36.2 Å². The van der Waals surface area contributed by atoms with Crippen molar-refractivity contribution in [3.05, 3.63) is 40.7 Å². The first kappa shape index (κ1) is 27.5. The molecule has 1 unspecified atom stereocenters. The molecule has 1 saturated heterocycles. The summed E-state index contributed by atoms with van der Waals surface area (Å²) < 4.78 is 40.4. The monoisotopic (exact) mass is 590 g/mol. The van der Waals surface area contributed by atoms with Crippen LogP contribution in [0.1, 0.15) is 29.8 Å². The van der Waals surface area contributed by atoms with Crippen molar-refractivity contribution in [1.29, 1.82) is 0 Å². The third-order valence-corrected chi connectivity index (χ3v) is 10.5. The molecule has 206 valence electrons. The number of aliphatic hydroxyl groups excluding tert-OH is 2. The summed E-state index contributed by atoms with van der Waals surface area (Å²) in [5, 5.41) is 32.6. The van der Waals surface area contributed by atoms with E-state index >= 15 is 0 Å². The smallest absolute Gasteiger partial charge is 0.342 e. The highest BCUT2D eigenvalue weighted by atomic mass is 35.5. The van der Waals surface area contributed by atoms with Crippen molar-refractivity contribution < 1.29 is 42.9 Å². The minimum absolute atomic E-state index is 0.0354. The maximum Gasteiger partial charge on any atom is 0.342 e. The highest BCUT2D eigenvalue weighted by molar-refractivity contribution is 7.70. The zero-order chi connectivity index (χ0) is 27.2. The van der Waals surface area contributed by atoms with Crippen molar-refractivity contribution in [2.75, 3.05) is 24.9 Å². The number of benzene rings is 1. The highest BCUT2D eigenvalue weighted by Gasteiger charge is 2.46. The maximum atomic E-state index is 12.5. The summed E-state index contributed by atoms with van der Waals surface area (Å²) in [5.41, 5.74) is 2.75. The van der Waals surface area contributed by atoms with Crippen molar-refractivity contribution >= 4 is 43.8 Å². The van der Waals surface area contributed by atoms with E-state index in [1.165, 1.54) is 5.56 Å². The quantitative estimate of drug-likeness (QED) is 0.177. The van der Waals surface area contributed by atoms with Gasteiger partial charge < -0.3 is 39.1 Å². The Kier molecular flexibility index (Phi) is 7.61. The Morgan fingerprint density at radius 1 is 1.21 bits per heavy atom. The summed E-state index contributed by atoms with van der Waals surface area (Å²) in [7, 11) is -7.97. The van der Waals surface area contributed by atoms with Gasteiger partial charge in [-0.05, 0) is 35.6 Å². The van der Waals surface area contributed by atoms with Gasteiger partial charge in [0.25, 0.3) is 0 Å². The zero-order valence-corrected chi connectivity index (χ0v) is 22.4. The number of aryl methyl sites for hydroxylation is 1. The lowest BCUT2D eigenvalue weighted by Gasteiger charge is -2.20. The molecule has 6 atom stereocenters. The molecular weight excluding hydrogens is 566 g/mol. The molecule has 3 heterocycles. The van der Waals surface area contributed by atoms with Crippen LogP contribution in [0.3, 0.4) is 0 Å². The summed E-state index contributed by atoms with van der Waals surface area (Å²) in [6.45, 7) is -0.601. The van der Waals surface area contributed by atoms with E-state index in [9.17, 15) is 19.3 Å². The summed E-state index contributed by atoms with van der Waals surface area (Å²) >= 11 is 6.19. The third kappa shape index (κ3) is 5.50. The predicted octanol–water partition coefficient (Wildman–Crippen LogP) is 1.58. The van der Waals surface area contributed by atoms with Crippen molar-refractivity contribution in [1.82, 2.24) is 25.0 Å². The van der Waals surface area contributed by atoms with Crippen LogP contribution in [0.4, 0.5) is 5.82 Å². The van der Waals surface area contributed by atoms with Gasteiger partial charge in [-0.1, -0.05) is 29.5 Å². The molecule has 2 aliphatic rings. The molecule has 18 heteroatoms. The van der Waals surface area contributed by atoms with Crippen LogP contribution in [-0.4, -0.2) is 82.9 Å². The minimum Gasteiger partial charge on any atom is -0.387 e. The van der Waals surface area contributed by atoms with Crippen LogP contribution < -0.4 is 5.32 Å². The van der Waals surface area contributed by atoms with Crippen molar-refractivity contribution in [3.8, 4) is 0 Å². The average Bonchev–Trinajstić information content (AvgIpc) is 3.54. The number of nitrogens with one attached hydrogen (secondary N) is 1. The van der Waals surface area contributed by atoms with Gasteiger partial charge in [-0.3, -0.25) is 9.13 Å². The molecule has 3 aromatic rings. The molecule has 0 spiro atoms. The lowest BCUT2D eigenvalue weighted by atomic mass is 10.1. The number of hydrogen-bond acceptors (Lipinski definition) is 12. The van der Waals surface area contributed by atoms with E-state index in [-0.39, 0.29) is 22.5 Å². The molecule has 1 fully saturated rings.